The Labute approximate surface area is 149 Å². The molecule has 0 radical (unpaired) electrons. The van der Waals surface area contributed by atoms with Crippen LogP contribution in [0.2, 0.25) is 10.0 Å². The van der Waals surface area contributed by atoms with E-state index >= 15 is 0 Å². The van der Waals surface area contributed by atoms with Crippen LogP contribution in [0.4, 0.5) is 5.69 Å². The van der Waals surface area contributed by atoms with E-state index < -0.39 is 5.97 Å². The Morgan fingerprint density at radius 1 is 1.17 bits per heavy atom. The number of carboxylic acids is 1. The first-order chi connectivity index (χ1) is 11.5. The summed E-state index contributed by atoms with van der Waals surface area (Å²) < 4.78 is 0. The monoisotopic (exact) mass is 358 g/mol. The second kappa shape index (κ2) is 5.83. The van der Waals surface area contributed by atoms with Crippen LogP contribution in [-0.4, -0.2) is 5.97 Å². The first kappa shape index (κ1) is 15.6. The zero-order chi connectivity index (χ0) is 16.8. The van der Waals surface area contributed by atoms with E-state index in [1.807, 2.05) is 18.2 Å². The van der Waals surface area contributed by atoms with E-state index in [0.29, 0.717) is 16.0 Å². The summed E-state index contributed by atoms with van der Waals surface area (Å²) in [7, 11) is 0. The number of nitrogens with one attached hydrogen (secondary N) is 1. The van der Waals surface area contributed by atoms with Crippen LogP contribution in [0.3, 0.4) is 0 Å². The molecule has 122 valence electrons. The second-order valence-corrected chi connectivity index (χ2v) is 7.08. The van der Waals surface area contributed by atoms with Crippen molar-refractivity contribution < 1.29 is 9.90 Å². The predicted octanol–water partition coefficient (Wildman–Crippen LogP) is 4.18. The highest BCUT2D eigenvalue weighted by molar-refractivity contribution is 6.35. The Morgan fingerprint density at radius 2 is 1.92 bits per heavy atom. The van der Waals surface area contributed by atoms with Crippen molar-refractivity contribution in [2.75, 3.05) is 5.32 Å². The highest BCUT2D eigenvalue weighted by Gasteiger charge is 2.39. The first-order valence-electron chi connectivity index (χ1n) is 7.78. The molecular weight excluding hydrogens is 345 g/mol. The molecule has 0 saturated carbocycles. The van der Waals surface area contributed by atoms with Crippen molar-refractivity contribution in [3.8, 4) is 0 Å². The fraction of sp³-hybridized carbons (Fsp3) is 0.211. The molecule has 5 heteroatoms. The minimum atomic E-state index is -1.16. The number of anilines is 1. The number of halogens is 2. The number of fused-ring (bicyclic) bond motifs is 3. The van der Waals surface area contributed by atoms with E-state index in [4.69, 9.17) is 23.2 Å². The lowest BCUT2D eigenvalue weighted by molar-refractivity contribution is -0.255. The molecule has 2 aromatic rings. The summed E-state index contributed by atoms with van der Waals surface area (Å²) in [5, 5.41) is 15.8. The Balaban J connectivity index is 1.76. The van der Waals surface area contributed by atoms with Crippen LogP contribution >= 0.6 is 23.2 Å². The third kappa shape index (κ3) is 2.48. The van der Waals surface area contributed by atoms with Crippen molar-refractivity contribution in [1.29, 1.82) is 0 Å². The quantitative estimate of drug-likeness (QED) is 0.819. The van der Waals surface area contributed by atoms with Crippen LogP contribution in [0.5, 0.6) is 0 Å². The Morgan fingerprint density at radius 3 is 2.62 bits per heavy atom. The summed E-state index contributed by atoms with van der Waals surface area (Å²) in [5.74, 6) is -0.593. The lowest BCUT2D eigenvalue weighted by atomic mass is 9.77. The molecule has 0 aromatic heterocycles. The maximum Gasteiger partial charge on any atom is 0.0715 e. The van der Waals surface area contributed by atoms with E-state index in [1.54, 1.807) is 18.2 Å². The molecule has 0 spiro atoms. The van der Waals surface area contributed by atoms with Crippen molar-refractivity contribution in [3.05, 3.63) is 75.3 Å². The molecule has 2 aliphatic rings. The molecule has 4 rings (SSSR count). The van der Waals surface area contributed by atoms with Crippen LogP contribution < -0.4 is 10.4 Å². The van der Waals surface area contributed by atoms with Gasteiger partial charge in [0, 0.05) is 27.2 Å². The van der Waals surface area contributed by atoms with Crippen LogP contribution in [0.1, 0.15) is 39.9 Å². The maximum atomic E-state index is 10.9. The summed E-state index contributed by atoms with van der Waals surface area (Å²) in [4.78, 5) is 10.9. The molecule has 2 aromatic carbocycles. The van der Waals surface area contributed by atoms with Crippen LogP contribution in [0.15, 0.2) is 48.6 Å². The van der Waals surface area contributed by atoms with E-state index in [2.05, 4.69) is 17.5 Å². The maximum absolute atomic E-state index is 10.9. The summed E-state index contributed by atoms with van der Waals surface area (Å²) in [6.45, 7) is 0. The van der Waals surface area contributed by atoms with Gasteiger partial charge in [0.1, 0.15) is 0 Å². The Bertz CT molecular complexity index is 845. The van der Waals surface area contributed by atoms with Gasteiger partial charge in [0.2, 0.25) is 0 Å². The molecule has 3 nitrogen and oxygen atoms in total. The molecule has 0 saturated heterocycles. The van der Waals surface area contributed by atoms with Crippen LogP contribution in [0, 0.1) is 5.92 Å². The average Bonchev–Trinajstić information content (AvgIpc) is 3.02. The fourth-order valence-corrected chi connectivity index (χ4v) is 4.42. The lowest BCUT2D eigenvalue weighted by Crippen LogP contribution is -2.29. The van der Waals surface area contributed by atoms with Crippen molar-refractivity contribution in [2.24, 2.45) is 5.92 Å². The number of carbonyl (C=O) groups is 1. The van der Waals surface area contributed by atoms with E-state index in [9.17, 15) is 9.90 Å². The van der Waals surface area contributed by atoms with Crippen molar-refractivity contribution in [1.82, 2.24) is 0 Å². The van der Waals surface area contributed by atoms with Crippen molar-refractivity contribution in [2.45, 2.75) is 18.4 Å². The molecule has 1 N–H and O–H groups in total. The zero-order valence-electron chi connectivity index (χ0n) is 12.6. The minimum absolute atomic E-state index is 0.0721. The van der Waals surface area contributed by atoms with E-state index in [-0.39, 0.29) is 17.5 Å². The SMILES string of the molecule is O=C([O-])c1ccc([C@H]2Nc3cc(Cl)cc(Cl)c3[C@H]3C=CC[C@@H]32)cc1. The Kier molecular flexibility index (Phi) is 3.78. The number of rotatable bonds is 2. The van der Waals surface area contributed by atoms with Crippen LogP contribution in [0.25, 0.3) is 0 Å². The fourth-order valence-electron chi connectivity index (χ4n) is 3.80. The third-order valence-electron chi connectivity index (χ3n) is 4.89. The highest BCUT2D eigenvalue weighted by atomic mass is 35.5. The second-order valence-electron chi connectivity index (χ2n) is 6.23. The number of benzene rings is 2. The van der Waals surface area contributed by atoms with Crippen molar-refractivity contribution in [3.63, 3.8) is 0 Å². The summed E-state index contributed by atoms with van der Waals surface area (Å²) in [5.41, 5.74) is 3.25. The van der Waals surface area contributed by atoms with Gasteiger partial charge in [0.25, 0.3) is 0 Å². The molecule has 0 unspecified atom stereocenters. The van der Waals surface area contributed by atoms with Gasteiger partial charge in [0.05, 0.1) is 12.0 Å². The number of carbonyl (C=O) groups excluding carboxylic acids is 1. The minimum Gasteiger partial charge on any atom is -0.545 e. The number of aromatic carboxylic acids is 1. The number of carboxylic acid groups (broad SMARTS) is 1. The van der Waals surface area contributed by atoms with Crippen molar-refractivity contribution >= 4 is 34.9 Å². The molecule has 1 heterocycles. The molecule has 1 aliphatic carbocycles. The van der Waals surface area contributed by atoms with Gasteiger partial charge in [-0.2, -0.15) is 0 Å². The lowest BCUT2D eigenvalue weighted by Gasteiger charge is -2.38. The van der Waals surface area contributed by atoms with E-state index in [0.717, 1.165) is 23.2 Å². The summed E-state index contributed by atoms with van der Waals surface area (Å²) in [6.07, 6.45) is 5.33. The average molecular weight is 359 g/mol. The normalized spacial score (nSPS) is 24.2. The van der Waals surface area contributed by atoms with Gasteiger partial charge in [-0.3, -0.25) is 0 Å². The molecule has 0 fully saturated rings. The molecular formula is C19H14Cl2NO2-. The Hall–Kier alpha value is -1.97. The standard InChI is InChI=1S/C19H15Cl2NO2/c20-12-8-15(21)17-13-2-1-3-14(13)18(22-16(17)9-12)10-4-6-11(7-5-10)19(23)24/h1-2,4-9,13-14,18,22H,3H2,(H,23,24)/p-1/t13-,14-,18+/m0/s1. The number of hydrogen-bond donors (Lipinski definition) is 1. The topological polar surface area (TPSA) is 52.2 Å². The number of hydrogen-bond acceptors (Lipinski definition) is 3. The smallest absolute Gasteiger partial charge is 0.0715 e. The zero-order valence-corrected chi connectivity index (χ0v) is 14.1. The van der Waals surface area contributed by atoms with Crippen LogP contribution in [-0.2, 0) is 0 Å². The molecule has 24 heavy (non-hydrogen) atoms. The molecule has 0 bridgehead atoms. The van der Waals surface area contributed by atoms with Gasteiger partial charge in [-0.1, -0.05) is 59.6 Å². The number of allylic oxidation sites excluding steroid dienone is 2. The van der Waals surface area contributed by atoms with Gasteiger partial charge in [-0.05, 0) is 35.6 Å². The van der Waals surface area contributed by atoms with Gasteiger partial charge in [-0.15, -0.1) is 0 Å². The first-order valence-corrected chi connectivity index (χ1v) is 8.53. The van der Waals surface area contributed by atoms with E-state index in [1.165, 1.54) is 0 Å². The molecule has 1 aliphatic heterocycles. The highest BCUT2D eigenvalue weighted by Crippen LogP contribution is 2.52. The van der Waals surface area contributed by atoms with Gasteiger partial charge in [-0.25, -0.2) is 0 Å². The third-order valence-corrected chi connectivity index (χ3v) is 5.42. The molecule has 0 amide bonds. The summed E-state index contributed by atoms with van der Waals surface area (Å²) >= 11 is 12.6. The summed E-state index contributed by atoms with van der Waals surface area (Å²) in [6, 6.07) is 10.6. The van der Waals surface area contributed by atoms with Gasteiger partial charge >= 0.3 is 0 Å². The molecule has 3 atom stereocenters. The van der Waals surface area contributed by atoms with Gasteiger partial charge in [0.15, 0.2) is 0 Å². The van der Waals surface area contributed by atoms with Gasteiger partial charge < -0.3 is 15.2 Å². The predicted molar refractivity (Wildman–Crippen MR) is 93.6 cm³/mol. The largest absolute Gasteiger partial charge is 0.545 e.